The zero-order valence-electron chi connectivity index (χ0n) is 11.3. The summed E-state index contributed by atoms with van der Waals surface area (Å²) in [5, 5.41) is 9.30. The van der Waals surface area contributed by atoms with E-state index in [-0.39, 0.29) is 0 Å². The van der Waals surface area contributed by atoms with Crippen molar-refractivity contribution in [1.29, 1.82) is 0 Å². The first-order valence-corrected chi connectivity index (χ1v) is 6.41. The Labute approximate surface area is 109 Å². The molecule has 0 saturated carbocycles. The number of hydrogen-bond donors (Lipinski definition) is 1. The third-order valence-corrected chi connectivity index (χ3v) is 3.58. The number of phenols is 1. The number of phenolic OH excluding ortho intramolecular Hbond substituents is 1. The quantitative estimate of drug-likeness (QED) is 0.845. The molecule has 0 aromatic heterocycles. The van der Waals surface area contributed by atoms with E-state index in [0.717, 1.165) is 6.42 Å². The van der Waals surface area contributed by atoms with Crippen LogP contribution in [0.25, 0.3) is 0 Å². The SMILES string of the molecule is Cc1ccc(CC(C)c2ccc(O)cc2)cc1C. The second-order valence-electron chi connectivity index (χ2n) is 5.12. The van der Waals surface area contributed by atoms with Crippen LogP contribution in [-0.2, 0) is 6.42 Å². The number of benzene rings is 2. The molecule has 1 N–H and O–H groups in total. The smallest absolute Gasteiger partial charge is 0.115 e. The van der Waals surface area contributed by atoms with Crippen molar-refractivity contribution < 1.29 is 5.11 Å². The second-order valence-corrected chi connectivity index (χ2v) is 5.12. The van der Waals surface area contributed by atoms with Crippen molar-refractivity contribution in [3.63, 3.8) is 0 Å². The molecule has 1 nitrogen and oxygen atoms in total. The van der Waals surface area contributed by atoms with Crippen LogP contribution in [0, 0.1) is 13.8 Å². The summed E-state index contributed by atoms with van der Waals surface area (Å²) >= 11 is 0. The van der Waals surface area contributed by atoms with E-state index in [4.69, 9.17) is 0 Å². The lowest BCUT2D eigenvalue weighted by Gasteiger charge is -2.13. The highest BCUT2D eigenvalue weighted by molar-refractivity contribution is 5.33. The van der Waals surface area contributed by atoms with Crippen LogP contribution in [0.1, 0.15) is 35.1 Å². The summed E-state index contributed by atoms with van der Waals surface area (Å²) in [5.74, 6) is 0.796. The third kappa shape index (κ3) is 2.92. The molecule has 0 bridgehead atoms. The maximum atomic E-state index is 9.30. The summed E-state index contributed by atoms with van der Waals surface area (Å²) in [6.07, 6.45) is 1.03. The van der Waals surface area contributed by atoms with Crippen LogP contribution in [0.5, 0.6) is 5.75 Å². The topological polar surface area (TPSA) is 20.2 Å². The first kappa shape index (κ1) is 12.7. The summed E-state index contributed by atoms with van der Waals surface area (Å²) in [6, 6.07) is 14.2. The molecule has 0 spiro atoms. The van der Waals surface area contributed by atoms with Gasteiger partial charge in [0, 0.05) is 0 Å². The Hall–Kier alpha value is -1.76. The van der Waals surface area contributed by atoms with Gasteiger partial charge in [-0.1, -0.05) is 37.3 Å². The van der Waals surface area contributed by atoms with Crippen molar-refractivity contribution in [3.8, 4) is 5.75 Å². The van der Waals surface area contributed by atoms with E-state index in [2.05, 4.69) is 39.0 Å². The lowest BCUT2D eigenvalue weighted by molar-refractivity contribution is 0.475. The van der Waals surface area contributed by atoms with Crippen molar-refractivity contribution in [3.05, 3.63) is 64.7 Å². The van der Waals surface area contributed by atoms with Crippen LogP contribution in [-0.4, -0.2) is 5.11 Å². The van der Waals surface area contributed by atoms with Gasteiger partial charge in [-0.05, 0) is 60.6 Å². The molecule has 2 aromatic carbocycles. The fourth-order valence-electron chi connectivity index (χ4n) is 2.20. The van der Waals surface area contributed by atoms with Crippen LogP contribution < -0.4 is 0 Å². The molecule has 18 heavy (non-hydrogen) atoms. The van der Waals surface area contributed by atoms with Gasteiger partial charge in [-0.25, -0.2) is 0 Å². The average molecular weight is 240 g/mol. The van der Waals surface area contributed by atoms with Crippen LogP contribution in [0.2, 0.25) is 0 Å². The van der Waals surface area contributed by atoms with Gasteiger partial charge >= 0.3 is 0 Å². The predicted octanol–water partition coefficient (Wildman–Crippen LogP) is 4.36. The fourth-order valence-corrected chi connectivity index (χ4v) is 2.20. The normalized spacial score (nSPS) is 12.4. The summed E-state index contributed by atoms with van der Waals surface area (Å²) in [7, 11) is 0. The summed E-state index contributed by atoms with van der Waals surface area (Å²) in [6.45, 7) is 6.52. The van der Waals surface area contributed by atoms with Crippen molar-refractivity contribution >= 4 is 0 Å². The predicted molar refractivity (Wildman–Crippen MR) is 76.1 cm³/mol. The molecule has 1 unspecified atom stereocenters. The van der Waals surface area contributed by atoms with Gasteiger partial charge in [-0.2, -0.15) is 0 Å². The van der Waals surface area contributed by atoms with E-state index in [1.807, 2.05) is 12.1 Å². The Kier molecular flexibility index (Phi) is 3.71. The van der Waals surface area contributed by atoms with E-state index in [9.17, 15) is 5.11 Å². The van der Waals surface area contributed by atoms with Gasteiger partial charge in [-0.3, -0.25) is 0 Å². The van der Waals surface area contributed by atoms with Crippen molar-refractivity contribution in [1.82, 2.24) is 0 Å². The number of hydrogen-bond acceptors (Lipinski definition) is 1. The van der Waals surface area contributed by atoms with Gasteiger partial charge in [-0.15, -0.1) is 0 Å². The molecule has 2 aromatic rings. The third-order valence-electron chi connectivity index (χ3n) is 3.58. The first-order chi connectivity index (χ1) is 8.56. The summed E-state index contributed by atoms with van der Waals surface area (Å²) < 4.78 is 0. The maximum absolute atomic E-state index is 9.30. The van der Waals surface area contributed by atoms with Gasteiger partial charge in [0.1, 0.15) is 5.75 Å². The standard InChI is InChI=1S/C17H20O/c1-12-4-5-15(10-13(12)2)11-14(3)16-6-8-17(18)9-7-16/h4-10,14,18H,11H2,1-3H3. The molecule has 0 saturated heterocycles. The van der Waals surface area contributed by atoms with Crippen molar-refractivity contribution in [2.75, 3.05) is 0 Å². The van der Waals surface area contributed by atoms with Crippen LogP contribution in [0.15, 0.2) is 42.5 Å². The van der Waals surface area contributed by atoms with Crippen LogP contribution in [0.4, 0.5) is 0 Å². The largest absolute Gasteiger partial charge is 0.508 e. The number of rotatable bonds is 3. The van der Waals surface area contributed by atoms with E-state index in [1.54, 1.807) is 12.1 Å². The summed E-state index contributed by atoms with van der Waals surface area (Å²) in [4.78, 5) is 0. The van der Waals surface area contributed by atoms with E-state index >= 15 is 0 Å². The van der Waals surface area contributed by atoms with E-state index < -0.39 is 0 Å². The number of aryl methyl sites for hydroxylation is 2. The molecular formula is C17H20O. The maximum Gasteiger partial charge on any atom is 0.115 e. The lowest BCUT2D eigenvalue weighted by atomic mass is 9.92. The molecule has 0 aliphatic rings. The van der Waals surface area contributed by atoms with Gasteiger partial charge < -0.3 is 5.11 Å². The fraction of sp³-hybridized carbons (Fsp3) is 0.294. The zero-order chi connectivity index (χ0) is 13.1. The molecule has 0 radical (unpaired) electrons. The molecule has 0 aliphatic carbocycles. The highest BCUT2D eigenvalue weighted by atomic mass is 16.3. The number of aromatic hydroxyl groups is 1. The first-order valence-electron chi connectivity index (χ1n) is 6.41. The Morgan fingerprint density at radius 2 is 1.61 bits per heavy atom. The zero-order valence-corrected chi connectivity index (χ0v) is 11.3. The van der Waals surface area contributed by atoms with E-state index in [1.165, 1.54) is 22.3 Å². The minimum absolute atomic E-state index is 0.331. The summed E-state index contributed by atoms with van der Waals surface area (Å²) in [5.41, 5.74) is 5.34. The molecule has 0 aliphatic heterocycles. The Bertz CT molecular complexity index is 526. The lowest BCUT2D eigenvalue weighted by Crippen LogP contribution is -1.99. The van der Waals surface area contributed by atoms with Gasteiger partial charge in [0.05, 0.1) is 0 Å². The van der Waals surface area contributed by atoms with E-state index in [0.29, 0.717) is 11.7 Å². The van der Waals surface area contributed by atoms with Crippen LogP contribution in [0.3, 0.4) is 0 Å². The Balaban J connectivity index is 2.13. The van der Waals surface area contributed by atoms with Gasteiger partial charge in [0.25, 0.3) is 0 Å². The minimum Gasteiger partial charge on any atom is -0.508 e. The minimum atomic E-state index is 0.331. The highest BCUT2D eigenvalue weighted by Crippen LogP contribution is 2.23. The Morgan fingerprint density at radius 3 is 2.22 bits per heavy atom. The molecule has 0 fully saturated rings. The second kappa shape index (κ2) is 5.26. The van der Waals surface area contributed by atoms with Crippen molar-refractivity contribution in [2.24, 2.45) is 0 Å². The van der Waals surface area contributed by atoms with Crippen molar-refractivity contribution in [2.45, 2.75) is 33.1 Å². The average Bonchev–Trinajstić information content (AvgIpc) is 2.34. The van der Waals surface area contributed by atoms with Gasteiger partial charge in [0.15, 0.2) is 0 Å². The molecular weight excluding hydrogens is 220 g/mol. The van der Waals surface area contributed by atoms with Gasteiger partial charge in [0.2, 0.25) is 0 Å². The molecule has 1 heteroatoms. The van der Waals surface area contributed by atoms with Crippen LogP contribution >= 0.6 is 0 Å². The Morgan fingerprint density at radius 1 is 0.944 bits per heavy atom. The molecule has 1 atom stereocenters. The molecule has 0 amide bonds. The monoisotopic (exact) mass is 240 g/mol. The molecule has 0 heterocycles. The molecule has 2 rings (SSSR count). The highest BCUT2D eigenvalue weighted by Gasteiger charge is 2.07. The molecule has 94 valence electrons.